The van der Waals surface area contributed by atoms with Crippen molar-refractivity contribution in [2.45, 2.75) is 20.8 Å². The summed E-state index contributed by atoms with van der Waals surface area (Å²) in [7, 11) is 2.89. The average molecular weight is 353 g/mol. The van der Waals surface area contributed by atoms with Crippen LogP contribution in [0.1, 0.15) is 20.8 Å². The van der Waals surface area contributed by atoms with Gasteiger partial charge >= 0.3 is 18.0 Å². The zero-order valence-electron chi connectivity index (χ0n) is 15.1. The summed E-state index contributed by atoms with van der Waals surface area (Å²) in [5, 5.41) is 10.4. The van der Waals surface area contributed by atoms with Crippen molar-refractivity contribution >= 4 is 23.6 Å². The number of nitrogens with zero attached hydrogens (tertiary/aromatic N) is 1. The lowest BCUT2D eigenvalue weighted by Gasteiger charge is -2.30. The molecular formula is C16H25N4O5+. The Kier molecular flexibility index (Phi) is 6.75. The Hall–Kier alpha value is -2.81. The van der Waals surface area contributed by atoms with E-state index in [0.29, 0.717) is 0 Å². The molecule has 0 spiro atoms. The van der Waals surface area contributed by atoms with Crippen LogP contribution in [0.15, 0.2) is 12.1 Å². The van der Waals surface area contributed by atoms with Crippen molar-refractivity contribution in [3.8, 4) is 17.2 Å². The van der Waals surface area contributed by atoms with Crippen molar-refractivity contribution < 1.29 is 23.8 Å². The third-order valence-electron chi connectivity index (χ3n) is 3.42. The molecule has 0 saturated carbocycles. The highest BCUT2D eigenvalue weighted by molar-refractivity contribution is 6.09. The number of hydrogen-bond donors (Lipinski definition) is 3. The van der Waals surface area contributed by atoms with Crippen LogP contribution in [0.5, 0.6) is 17.2 Å². The predicted molar refractivity (Wildman–Crippen MR) is 94.2 cm³/mol. The normalized spacial score (nSPS) is 12.7. The van der Waals surface area contributed by atoms with Crippen LogP contribution in [0.4, 0.5) is 10.5 Å². The van der Waals surface area contributed by atoms with Crippen LogP contribution in [0, 0.1) is 5.41 Å². The topological polar surface area (TPSA) is 124 Å². The fourth-order valence-electron chi connectivity index (χ4n) is 2.31. The second-order valence-electron chi connectivity index (χ2n) is 5.17. The summed E-state index contributed by atoms with van der Waals surface area (Å²) >= 11 is 0. The van der Waals surface area contributed by atoms with Crippen LogP contribution in [0.25, 0.3) is 0 Å². The average Bonchev–Trinajstić information content (AvgIpc) is 2.53. The summed E-state index contributed by atoms with van der Waals surface area (Å²) < 4.78 is 15.6. The van der Waals surface area contributed by atoms with Crippen LogP contribution in [-0.2, 0) is 4.79 Å². The highest BCUT2D eigenvalue weighted by Gasteiger charge is 2.44. The van der Waals surface area contributed by atoms with Crippen LogP contribution in [0.3, 0.4) is 0 Å². The number of guanidine groups is 1. The van der Waals surface area contributed by atoms with Crippen molar-refractivity contribution in [3.63, 3.8) is 0 Å². The number of benzene rings is 1. The first-order chi connectivity index (χ1) is 11.7. The second-order valence-corrected chi connectivity index (χ2v) is 5.17. The van der Waals surface area contributed by atoms with Gasteiger partial charge in [0, 0.05) is 26.1 Å². The summed E-state index contributed by atoms with van der Waals surface area (Å²) in [5.74, 6) is -0.276. The van der Waals surface area contributed by atoms with Gasteiger partial charge in [0.05, 0.1) is 20.3 Å². The van der Waals surface area contributed by atoms with Crippen LogP contribution >= 0.6 is 0 Å². The van der Waals surface area contributed by atoms with Crippen molar-refractivity contribution in [3.05, 3.63) is 12.1 Å². The van der Waals surface area contributed by atoms with Gasteiger partial charge in [0.25, 0.3) is 0 Å². The molecule has 0 aliphatic heterocycles. The molecule has 0 radical (unpaired) electrons. The Balaban J connectivity index is 3.76. The van der Waals surface area contributed by atoms with Crippen LogP contribution in [0.2, 0.25) is 0 Å². The van der Waals surface area contributed by atoms with E-state index in [-0.39, 0.29) is 36.1 Å². The molecule has 0 saturated heterocycles. The number of amides is 2. The summed E-state index contributed by atoms with van der Waals surface area (Å²) in [6.07, 6.45) is 0. The Morgan fingerprint density at radius 3 is 2.00 bits per heavy atom. The van der Waals surface area contributed by atoms with E-state index >= 15 is 0 Å². The van der Waals surface area contributed by atoms with Gasteiger partial charge in [-0.15, -0.1) is 4.48 Å². The molecule has 2 amide bonds. The van der Waals surface area contributed by atoms with Crippen molar-refractivity contribution in [1.29, 1.82) is 5.41 Å². The van der Waals surface area contributed by atoms with E-state index in [1.807, 2.05) is 0 Å². The zero-order valence-corrected chi connectivity index (χ0v) is 15.1. The predicted octanol–water partition coefficient (Wildman–Crippen LogP) is 1.58. The highest BCUT2D eigenvalue weighted by Crippen LogP contribution is 2.45. The molecule has 0 aliphatic rings. The minimum absolute atomic E-state index is 0.204. The first kappa shape index (κ1) is 20.2. The first-order valence-corrected chi connectivity index (χ1v) is 7.78. The Morgan fingerprint density at radius 1 is 1.20 bits per heavy atom. The maximum atomic E-state index is 12.5. The highest BCUT2D eigenvalue weighted by atomic mass is 16.5. The minimum Gasteiger partial charge on any atom is -0.488 e. The van der Waals surface area contributed by atoms with Gasteiger partial charge in [-0.05, 0) is 13.8 Å². The maximum Gasteiger partial charge on any atom is 0.429 e. The molecule has 0 aliphatic carbocycles. The Morgan fingerprint density at radius 2 is 1.68 bits per heavy atom. The number of quaternary nitrogens is 1. The van der Waals surface area contributed by atoms with E-state index in [0.717, 1.165) is 0 Å². The lowest BCUT2D eigenvalue weighted by atomic mass is 10.2. The molecule has 1 atom stereocenters. The summed E-state index contributed by atoms with van der Waals surface area (Å²) in [6, 6.07) is 2.38. The molecule has 1 unspecified atom stereocenters. The van der Waals surface area contributed by atoms with Crippen molar-refractivity contribution in [1.82, 2.24) is 9.80 Å². The zero-order chi connectivity index (χ0) is 19.2. The van der Waals surface area contributed by atoms with Crippen molar-refractivity contribution in [2.24, 2.45) is 5.73 Å². The lowest BCUT2D eigenvalue weighted by molar-refractivity contribution is -0.131. The maximum absolute atomic E-state index is 12.5. The number of nitrogens with one attached hydrogen (secondary N) is 2. The lowest BCUT2D eigenvalue weighted by Crippen LogP contribution is -2.61. The first-order valence-electron chi connectivity index (χ1n) is 7.78. The third-order valence-corrected chi connectivity index (χ3v) is 3.42. The van der Waals surface area contributed by atoms with Gasteiger partial charge in [0.2, 0.25) is 5.69 Å². The van der Waals surface area contributed by atoms with Crippen molar-refractivity contribution in [2.75, 3.05) is 27.3 Å². The standard InChI is InChI=1S/C16H24N4O5/c1-6-23-12-8-11(25-10(3)21)9-13(24-7-2)14(12)20(5,15(17)18)16(22)19-4/h8-9H,6-7H2,1-5H3,(H3-,17,18,19,22)/p+1. The molecule has 0 bridgehead atoms. The Labute approximate surface area is 146 Å². The number of esters is 1. The fraction of sp³-hybridized carbons (Fsp3) is 0.438. The molecule has 1 rings (SSSR count). The van der Waals surface area contributed by atoms with Crippen LogP contribution in [-0.4, -0.2) is 45.3 Å². The van der Waals surface area contributed by atoms with E-state index in [9.17, 15) is 9.59 Å². The molecule has 1 aromatic rings. The van der Waals surface area contributed by atoms with Gasteiger partial charge in [-0.2, -0.15) is 0 Å². The number of carbonyl (C=O) groups excluding carboxylic acids is 2. The SMILES string of the molecule is CCOc1cc(OC(C)=O)cc(OCC)c1[N+](C)(C(=N)N)C(=O)NC. The number of hydrogen-bond acceptors (Lipinski definition) is 6. The number of urea groups is 1. The molecule has 9 heteroatoms. The third kappa shape index (κ3) is 4.18. The molecule has 0 fully saturated rings. The molecule has 0 heterocycles. The summed E-state index contributed by atoms with van der Waals surface area (Å²) in [6.45, 7) is 5.37. The summed E-state index contributed by atoms with van der Waals surface area (Å²) in [4.78, 5) is 23.8. The molecule has 4 N–H and O–H groups in total. The molecule has 25 heavy (non-hydrogen) atoms. The second kappa shape index (κ2) is 8.34. The van der Waals surface area contributed by atoms with E-state index < -0.39 is 22.4 Å². The largest absolute Gasteiger partial charge is 0.488 e. The Bertz CT molecular complexity index is 649. The number of carbonyl (C=O) groups is 2. The number of ether oxygens (including phenoxy) is 3. The fourth-order valence-corrected chi connectivity index (χ4v) is 2.31. The van der Waals surface area contributed by atoms with E-state index in [4.69, 9.17) is 25.4 Å². The molecule has 138 valence electrons. The van der Waals surface area contributed by atoms with E-state index in [1.165, 1.54) is 33.2 Å². The molecular weight excluding hydrogens is 328 g/mol. The number of nitrogens with two attached hydrogens (primary N) is 1. The minimum atomic E-state index is -0.707. The van der Waals surface area contributed by atoms with E-state index in [2.05, 4.69) is 5.32 Å². The smallest absolute Gasteiger partial charge is 0.429 e. The van der Waals surface area contributed by atoms with Gasteiger partial charge in [-0.25, -0.2) is 10.2 Å². The van der Waals surface area contributed by atoms with Gasteiger partial charge in [0.15, 0.2) is 11.5 Å². The summed E-state index contributed by atoms with van der Waals surface area (Å²) in [5.41, 5.74) is 5.97. The van der Waals surface area contributed by atoms with E-state index in [1.54, 1.807) is 13.8 Å². The van der Waals surface area contributed by atoms with Crippen LogP contribution < -0.4 is 29.7 Å². The van der Waals surface area contributed by atoms with Gasteiger partial charge in [-0.3, -0.25) is 4.79 Å². The quantitative estimate of drug-likeness (QED) is 0.234. The van der Waals surface area contributed by atoms with Gasteiger partial charge < -0.3 is 25.3 Å². The molecule has 9 nitrogen and oxygen atoms in total. The molecule has 1 aromatic carbocycles. The monoisotopic (exact) mass is 353 g/mol. The molecule has 0 aromatic heterocycles. The van der Waals surface area contributed by atoms with Gasteiger partial charge in [0.1, 0.15) is 5.75 Å². The van der Waals surface area contributed by atoms with Gasteiger partial charge in [-0.1, -0.05) is 0 Å². The number of rotatable bonds is 6.